The summed E-state index contributed by atoms with van der Waals surface area (Å²) in [6, 6.07) is 5.36. The summed E-state index contributed by atoms with van der Waals surface area (Å²) < 4.78 is 0. The normalized spacial score (nSPS) is 11.2. The summed E-state index contributed by atoms with van der Waals surface area (Å²) in [7, 11) is 0. The van der Waals surface area contributed by atoms with Crippen molar-refractivity contribution in [1.29, 1.82) is 0 Å². The van der Waals surface area contributed by atoms with Gasteiger partial charge in [-0.1, -0.05) is 35.0 Å². The van der Waals surface area contributed by atoms with Gasteiger partial charge in [0.15, 0.2) is 0 Å². The van der Waals surface area contributed by atoms with Crippen molar-refractivity contribution in [1.82, 2.24) is 15.0 Å². The Morgan fingerprint density at radius 2 is 2.00 bits per heavy atom. The van der Waals surface area contributed by atoms with E-state index in [1.807, 2.05) is 13.0 Å². The fraction of sp³-hybridized carbons (Fsp3) is 0.0769. The molecule has 0 atom stereocenters. The van der Waals surface area contributed by atoms with Gasteiger partial charge in [-0.15, -0.1) is 0 Å². The van der Waals surface area contributed by atoms with E-state index in [-0.39, 0.29) is 11.5 Å². The molecular formula is C13H10Cl2N4OS. The summed E-state index contributed by atoms with van der Waals surface area (Å²) in [5.41, 5.74) is 6.57. The third-order valence-electron chi connectivity index (χ3n) is 3.00. The molecule has 3 aromatic rings. The van der Waals surface area contributed by atoms with E-state index in [0.717, 1.165) is 15.5 Å². The molecule has 21 heavy (non-hydrogen) atoms. The molecule has 0 bridgehead atoms. The summed E-state index contributed by atoms with van der Waals surface area (Å²) in [5, 5.41) is 2.30. The highest BCUT2D eigenvalue weighted by molar-refractivity contribution is 7.99. The van der Waals surface area contributed by atoms with Gasteiger partial charge >= 0.3 is 0 Å². The van der Waals surface area contributed by atoms with Gasteiger partial charge in [-0.3, -0.25) is 9.78 Å². The van der Waals surface area contributed by atoms with Crippen LogP contribution in [0.2, 0.25) is 10.0 Å². The summed E-state index contributed by atoms with van der Waals surface area (Å²) in [6.07, 6.45) is 0. The van der Waals surface area contributed by atoms with Crippen LogP contribution in [-0.4, -0.2) is 15.0 Å². The van der Waals surface area contributed by atoms with Crippen LogP contribution in [0.15, 0.2) is 32.9 Å². The molecule has 1 aromatic carbocycles. The Hall–Kier alpha value is -1.63. The van der Waals surface area contributed by atoms with Crippen LogP contribution in [0.3, 0.4) is 0 Å². The highest BCUT2D eigenvalue weighted by atomic mass is 35.5. The number of aryl methyl sites for hydroxylation is 1. The van der Waals surface area contributed by atoms with Crippen LogP contribution in [0.25, 0.3) is 11.0 Å². The summed E-state index contributed by atoms with van der Waals surface area (Å²) in [5.74, 6) is 0.0832. The molecule has 0 saturated carbocycles. The van der Waals surface area contributed by atoms with Crippen molar-refractivity contribution in [2.75, 3.05) is 5.73 Å². The number of H-pyrrole nitrogens is 2. The number of halogens is 2. The number of nitrogen functional groups attached to an aromatic ring is 1. The fourth-order valence-corrected chi connectivity index (χ4v) is 3.32. The van der Waals surface area contributed by atoms with Gasteiger partial charge in [0.2, 0.25) is 5.95 Å². The molecule has 0 aliphatic carbocycles. The van der Waals surface area contributed by atoms with E-state index < -0.39 is 0 Å². The van der Waals surface area contributed by atoms with Crippen molar-refractivity contribution in [2.24, 2.45) is 0 Å². The molecule has 0 aliphatic heterocycles. The highest BCUT2D eigenvalue weighted by Gasteiger charge is 2.14. The number of aromatic nitrogens is 3. The Balaban J connectivity index is 2.09. The molecule has 2 aromatic heterocycles. The van der Waals surface area contributed by atoms with Crippen LogP contribution < -0.4 is 11.3 Å². The largest absolute Gasteiger partial charge is 0.369 e. The number of nitrogens with two attached hydrogens (primary N) is 1. The van der Waals surface area contributed by atoms with E-state index in [1.165, 1.54) is 11.8 Å². The Bertz CT molecular complexity index is 903. The third-order valence-corrected chi connectivity index (χ3v) is 4.84. The molecular weight excluding hydrogens is 331 g/mol. The van der Waals surface area contributed by atoms with Gasteiger partial charge in [0.1, 0.15) is 5.65 Å². The molecule has 0 fully saturated rings. The SMILES string of the molecule is Cc1c(Sc2ccc(Cl)c(Cl)c2)[nH]c2nc(N)[nH]c(=O)c12. The van der Waals surface area contributed by atoms with Gasteiger partial charge in [0.05, 0.1) is 20.5 Å². The maximum Gasteiger partial charge on any atom is 0.262 e. The number of nitrogens with one attached hydrogen (secondary N) is 2. The van der Waals surface area contributed by atoms with Gasteiger partial charge in [-0.2, -0.15) is 4.98 Å². The van der Waals surface area contributed by atoms with Crippen LogP contribution in [0.4, 0.5) is 5.95 Å². The van der Waals surface area contributed by atoms with Crippen molar-refractivity contribution in [2.45, 2.75) is 16.8 Å². The van der Waals surface area contributed by atoms with Crippen LogP contribution in [-0.2, 0) is 0 Å². The number of anilines is 1. The first-order chi connectivity index (χ1) is 9.95. The maximum atomic E-state index is 11.9. The predicted molar refractivity (Wildman–Crippen MR) is 86.4 cm³/mol. The molecule has 2 heterocycles. The predicted octanol–water partition coefficient (Wildman–Crippen LogP) is 3.60. The first-order valence-electron chi connectivity index (χ1n) is 5.96. The number of hydrogen-bond acceptors (Lipinski definition) is 4. The minimum absolute atomic E-state index is 0.0832. The Morgan fingerprint density at radius 1 is 1.24 bits per heavy atom. The van der Waals surface area contributed by atoms with E-state index in [0.29, 0.717) is 21.1 Å². The molecule has 0 radical (unpaired) electrons. The quantitative estimate of drug-likeness (QED) is 0.665. The minimum atomic E-state index is -0.257. The minimum Gasteiger partial charge on any atom is -0.369 e. The van der Waals surface area contributed by atoms with Gasteiger partial charge < -0.3 is 10.7 Å². The highest BCUT2D eigenvalue weighted by Crippen LogP contribution is 2.35. The van der Waals surface area contributed by atoms with E-state index in [4.69, 9.17) is 28.9 Å². The standard InChI is InChI=1S/C13H10Cl2N4OS/c1-5-9-10(18-13(16)19-11(9)20)17-12(5)21-6-2-3-7(14)8(15)4-6/h2-4H,1H3,(H4,16,17,18,19,20). The lowest BCUT2D eigenvalue weighted by Crippen LogP contribution is -2.10. The zero-order valence-corrected chi connectivity index (χ0v) is 13.2. The van der Waals surface area contributed by atoms with Gasteiger partial charge in [-0.05, 0) is 30.7 Å². The molecule has 8 heteroatoms. The second-order valence-corrected chi connectivity index (χ2v) is 6.33. The zero-order valence-electron chi connectivity index (χ0n) is 10.8. The van der Waals surface area contributed by atoms with E-state index in [1.54, 1.807) is 12.1 Å². The van der Waals surface area contributed by atoms with Crippen LogP contribution in [0.5, 0.6) is 0 Å². The number of benzene rings is 1. The molecule has 5 nitrogen and oxygen atoms in total. The Morgan fingerprint density at radius 3 is 2.71 bits per heavy atom. The number of fused-ring (bicyclic) bond motifs is 1. The Kier molecular flexibility index (Phi) is 3.61. The molecule has 0 aliphatic rings. The second kappa shape index (κ2) is 5.29. The second-order valence-electron chi connectivity index (χ2n) is 4.43. The summed E-state index contributed by atoms with van der Waals surface area (Å²) in [6.45, 7) is 1.85. The van der Waals surface area contributed by atoms with Gasteiger partial charge in [0.25, 0.3) is 5.56 Å². The van der Waals surface area contributed by atoms with Crippen LogP contribution >= 0.6 is 35.0 Å². The van der Waals surface area contributed by atoms with Crippen molar-refractivity contribution >= 4 is 51.9 Å². The zero-order chi connectivity index (χ0) is 15.1. The monoisotopic (exact) mass is 340 g/mol. The molecule has 0 unspecified atom stereocenters. The smallest absolute Gasteiger partial charge is 0.262 e. The molecule has 0 saturated heterocycles. The molecule has 4 N–H and O–H groups in total. The third kappa shape index (κ3) is 2.62. The molecule has 3 rings (SSSR count). The van der Waals surface area contributed by atoms with Gasteiger partial charge in [-0.25, -0.2) is 0 Å². The van der Waals surface area contributed by atoms with Crippen LogP contribution in [0, 0.1) is 6.92 Å². The lowest BCUT2D eigenvalue weighted by Gasteiger charge is -2.02. The number of rotatable bonds is 2. The van der Waals surface area contributed by atoms with Gasteiger partial charge in [0, 0.05) is 4.90 Å². The summed E-state index contributed by atoms with van der Waals surface area (Å²) in [4.78, 5) is 22.5. The van der Waals surface area contributed by atoms with Crippen molar-refractivity contribution < 1.29 is 0 Å². The lowest BCUT2D eigenvalue weighted by molar-refractivity contribution is 1.14. The fourth-order valence-electron chi connectivity index (χ4n) is 2.00. The van der Waals surface area contributed by atoms with Crippen LogP contribution in [0.1, 0.15) is 5.56 Å². The average Bonchev–Trinajstić information content (AvgIpc) is 2.70. The number of nitrogens with zero attached hydrogens (tertiary/aromatic N) is 1. The lowest BCUT2D eigenvalue weighted by atomic mass is 10.3. The number of aromatic amines is 2. The van der Waals surface area contributed by atoms with E-state index in [2.05, 4.69) is 15.0 Å². The topological polar surface area (TPSA) is 87.6 Å². The first kappa shape index (κ1) is 14.3. The molecule has 0 amide bonds. The van der Waals surface area contributed by atoms with E-state index >= 15 is 0 Å². The van der Waals surface area contributed by atoms with Crippen molar-refractivity contribution in [3.05, 3.63) is 44.2 Å². The maximum absolute atomic E-state index is 11.9. The van der Waals surface area contributed by atoms with Crippen molar-refractivity contribution in [3.63, 3.8) is 0 Å². The van der Waals surface area contributed by atoms with Crippen molar-refractivity contribution in [3.8, 4) is 0 Å². The average molecular weight is 341 g/mol. The molecule has 108 valence electrons. The summed E-state index contributed by atoms with van der Waals surface area (Å²) >= 11 is 13.3. The van der Waals surface area contributed by atoms with E-state index in [9.17, 15) is 4.79 Å². The first-order valence-corrected chi connectivity index (χ1v) is 7.54. The molecule has 0 spiro atoms. The Labute approximate surface area is 133 Å². The number of hydrogen-bond donors (Lipinski definition) is 3.